The van der Waals surface area contributed by atoms with Crippen molar-refractivity contribution >= 4 is 6.29 Å². The molecule has 0 spiro atoms. The Morgan fingerprint density at radius 1 is 1.21 bits per heavy atom. The Kier molecular flexibility index (Phi) is 3.35. The molecule has 3 aliphatic carbocycles. The predicted octanol–water partition coefficient (Wildman–Crippen LogP) is 4.62. The molecule has 0 aliphatic heterocycles. The highest BCUT2D eigenvalue weighted by molar-refractivity contribution is 5.61. The van der Waals surface area contributed by atoms with Gasteiger partial charge in [0, 0.05) is 5.41 Å². The van der Waals surface area contributed by atoms with Crippen LogP contribution in [0.1, 0.15) is 59.3 Å². The number of rotatable bonds is 1. The average molecular weight is 260 g/mol. The molecule has 0 amide bonds. The second kappa shape index (κ2) is 4.75. The lowest BCUT2D eigenvalue weighted by Crippen LogP contribution is -2.41. The molecule has 0 N–H and O–H groups in total. The molecule has 2 saturated carbocycles. The molecular weight excluding hydrogens is 232 g/mol. The number of carbonyl (C=O) groups excluding carboxylic acids is 1. The van der Waals surface area contributed by atoms with Crippen LogP contribution in [-0.4, -0.2) is 6.29 Å². The van der Waals surface area contributed by atoms with E-state index in [9.17, 15) is 4.79 Å². The van der Waals surface area contributed by atoms with Crippen LogP contribution in [0.4, 0.5) is 0 Å². The maximum absolute atomic E-state index is 11.5. The summed E-state index contributed by atoms with van der Waals surface area (Å²) in [5.74, 6) is 3.82. The third kappa shape index (κ3) is 2.10. The van der Waals surface area contributed by atoms with Crippen molar-refractivity contribution < 1.29 is 4.79 Å². The summed E-state index contributed by atoms with van der Waals surface area (Å²) in [5, 5.41) is 0. The molecule has 3 aliphatic rings. The van der Waals surface area contributed by atoms with Gasteiger partial charge in [0.25, 0.3) is 0 Å². The third-order valence-corrected chi connectivity index (χ3v) is 6.61. The van der Waals surface area contributed by atoms with E-state index in [-0.39, 0.29) is 5.41 Å². The van der Waals surface area contributed by atoms with E-state index in [2.05, 4.69) is 26.8 Å². The fourth-order valence-electron chi connectivity index (χ4n) is 5.08. The fraction of sp³-hybridized carbons (Fsp3) is 0.833. The number of fused-ring (bicyclic) bond motifs is 3. The molecule has 19 heavy (non-hydrogen) atoms. The first kappa shape index (κ1) is 13.4. The zero-order chi connectivity index (χ0) is 13.6. The molecule has 6 unspecified atom stereocenters. The Labute approximate surface area is 117 Å². The van der Waals surface area contributed by atoms with Crippen molar-refractivity contribution in [2.24, 2.45) is 35.0 Å². The molecule has 2 fully saturated rings. The minimum Gasteiger partial charge on any atom is -0.303 e. The van der Waals surface area contributed by atoms with Crippen LogP contribution in [0.15, 0.2) is 11.6 Å². The molecule has 1 heteroatoms. The second-order valence-corrected chi connectivity index (χ2v) is 7.74. The van der Waals surface area contributed by atoms with E-state index in [0.29, 0.717) is 11.8 Å². The predicted molar refractivity (Wildman–Crippen MR) is 78.8 cm³/mol. The van der Waals surface area contributed by atoms with Gasteiger partial charge in [-0.15, -0.1) is 0 Å². The maximum atomic E-state index is 11.5. The Bertz CT molecular complexity index is 396. The summed E-state index contributed by atoms with van der Waals surface area (Å²) >= 11 is 0. The van der Waals surface area contributed by atoms with Crippen LogP contribution in [0, 0.1) is 35.0 Å². The molecule has 1 nitrogen and oxygen atoms in total. The van der Waals surface area contributed by atoms with E-state index in [1.54, 1.807) is 5.57 Å². The number of aldehydes is 1. The zero-order valence-electron chi connectivity index (χ0n) is 12.7. The Morgan fingerprint density at radius 3 is 2.74 bits per heavy atom. The van der Waals surface area contributed by atoms with Gasteiger partial charge < -0.3 is 4.79 Å². The molecule has 0 heterocycles. The molecule has 0 radical (unpaired) electrons. The lowest BCUT2D eigenvalue weighted by Gasteiger charge is -2.49. The summed E-state index contributed by atoms with van der Waals surface area (Å²) in [6.45, 7) is 6.86. The molecule has 0 aromatic rings. The molecule has 0 aromatic carbocycles. The molecule has 3 rings (SSSR count). The summed E-state index contributed by atoms with van der Waals surface area (Å²) in [6.07, 6.45) is 11.8. The van der Waals surface area contributed by atoms with Gasteiger partial charge in [-0.2, -0.15) is 0 Å². The first-order valence-electron chi connectivity index (χ1n) is 8.23. The SMILES string of the molecule is CC1CCCC2C3=CC(C)C(C)(C=O)CC3CCC12. The molecular formula is C18H28O. The van der Waals surface area contributed by atoms with E-state index < -0.39 is 0 Å². The Balaban J connectivity index is 1.90. The van der Waals surface area contributed by atoms with Crippen molar-refractivity contribution in [1.29, 1.82) is 0 Å². The summed E-state index contributed by atoms with van der Waals surface area (Å²) in [6, 6.07) is 0. The van der Waals surface area contributed by atoms with Gasteiger partial charge in [0.05, 0.1) is 0 Å². The first-order valence-corrected chi connectivity index (χ1v) is 8.23. The van der Waals surface area contributed by atoms with E-state index in [4.69, 9.17) is 0 Å². The van der Waals surface area contributed by atoms with Crippen LogP contribution < -0.4 is 0 Å². The van der Waals surface area contributed by atoms with Gasteiger partial charge in [-0.05, 0) is 55.3 Å². The quantitative estimate of drug-likeness (QED) is 0.496. The Hall–Kier alpha value is -0.590. The summed E-state index contributed by atoms with van der Waals surface area (Å²) in [4.78, 5) is 11.5. The van der Waals surface area contributed by atoms with Crippen molar-refractivity contribution in [3.8, 4) is 0 Å². The maximum Gasteiger partial charge on any atom is 0.126 e. The molecule has 0 aromatic heterocycles. The largest absolute Gasteiger partial charge is 0.303 e. The minimum atomic E-state index is -0.110. The lowest BCUT2D eigenvalue weighted by atomic mass is 9.55. The van der Waals surface area contributed by atoms with Gasteiger partial charge in [-0.25, -0.2) is 0 Å². The van der Waals surface area contributed by atoms with E-state index >= 15 is 0 Å². The zero-order valence-corrected chi connectivity index (χ0v) is 12.7. The number of hydrogen-bond donors (Lipinski definition) is 0. The van der Waals surface area contributed by atoms with Crippen molar-refractivity contribution in [2.45, 2.75) is 59.3 Å². The van der Waals surface area contributed by atoms with Gasteiger partial charge in [0.15, 0.2) is 0 Å². The van der Waals surface area contributed by atoms with Gasteiger partial charge >= 0.3 is 0 Å². The number of carbonyl (C=O) groups is 1. The topological polar surface area (TPSA) is 17.1 Å². The minimum absolute atomic E-state index is 0.110. The van der Waals surface area contributed by atoms with Gasteiger partial charge in [-0.3, -0.25) is 0 Å². The van der Waals surface area contributed by atoms with Crippen LogP contribution in [0.5, 0.6) is 0 Å². The number of allylic oxidation sites excluding steroid dienone is 2. The van der Waals surface area contributed by atoms with Crippen LogP contribution >= 0.6 is 0 Å². The Morgan fingerprint density at radius 2 is 2.00 bits per heavy atom. The van der Waals surface area contributed by atoms with Crippen LogP contribution in [-0.2, 0) is 4.79 Å². The summed E-state index contributed by atoms with van der Waals surface area (Å²) in [5.41, 5.74) is 1.64. The van der Waals surface area contributed by atoms with Crippen molar-refractivity contribution in [1.82, 2.24) is 0 Å². The average Bonchev–Trinajstić information content (AvgIpc) is 2.40. The summed E-state index contributed by atoms with van der Waals surface area (Å²) < 4.78 is 0. The first-order chi connectivity index (χ1) is 9.05. The number of hydrogen-bond acceptors (Lipinski definition) is 1. The third-order valence-electron chi connectivity index (χ3n) is 6.61. The summed E-state index contributed by atoms with van der Waals surface area (Å²) in [7, 11) is 0. The van der Waals surface area contributed by atoms with Gasteiger partial charge in [-0.1, -0.05) is 45.3 Å². The highest BCUT2D eigenvalue weighted by Crippen LogP contribution is 2.54. The lowest BCUT2D eigenvalue weighted by molar-refractivity contribution is -0.118. The van der Waals surface area contributed by atoms with E-state index in [1.807, 2.05) is 0 Å². The van der Waals surface area contributed by atoms with Gasteiger partial charge in [0.1, 0.15) is 6.29 Å². The molecule has 0 saturated heterocycles. The van der Waals surface area contributed by atoms with Gasteiger partial charge in [0.2, 0.25) is 0 Å². The fourth-order valence-corrected chi connectivity index (χ4v) is 5.08. The van der Waals surface area contributed by atoms with Crippen molar-refractivity contribution in [3.05, 3.63) is 11.6 Å². The second-order valence-electron chi connectivity index (χ2n) is 7.74. The smallest absolute Gasteiger partial charge is 0.126 e. The van der Waals surface area contributed by atoms with E-state index in [0.717, 1.165) is 24.2 Å². The highest BCUT2D eigenvalue weighted by Gasteiger charge is 2.45. The highest BCUT2D eigenvalue weighted by atomic mass is 16.1. The molecule has 0 bridgehead atoms. The standard InChI is InChI=1S/C18H28O/c1-12-5-4-6-16-15(12)8-7-14-10-18(3,11-19)13(2)9-17(14)16/h9,11-16H,4-8,10H2,1-3H3. The molecule has 6 atom stereocenters. The van der Waals surface area contributed by atoms with Crippen LogP contribution in [0.3, 0.4) is 0 Å². The van der Waals surface area contributed by atoms with Crippen molar-refractivity contribution in [3.63, 3.8) is 0 Å². The van der Waals surface area contributed by atoms with Crippen molar-refractivity contribution in [2.75, 3.05) is 0 Å². The normalized spacial score (nSPS) is 49.8. The van der Waals surface area contributed by atoms with Crippen LogP contribution in [0.2, 0.25) is 0 Å². The van der Waals surface area contributed by atoms with Crippen LogP contribution in [0.25, 0.3) is 0 Å². The van der Waals surface area contributed by atoms with E-state index in [1.165, 1.54) is 38.4 Å². The molecule has 106 valence electrons. The monoisotopic (exact) mass is 260 g/mol.